The Morgan fingerprint density at radius 2 is 2.06 bits per heavy atom. The first-order valence-electron chi connectivity index (χ1n) is 10.3. The number of fused-ring (bicyclic) bond motifs is 1. The second-order valence-corrected chi connectivity index (χ2v) is 8.15. The van der Waals surface area contributed by atoms with Crippen molar-refractivity contribution in [1.82, 2.24) is 9.88 Å². The topological polar surface area (TPSA) is 75.5 Å². The lowest BCUT2D eigenvalue weighted by Crippen LogP contribution is -2.39. The molecule has 1 aromatic heterocycles. The fourth-order valence-electron chi connectivity index (χ4n) is 4.03. The van der Waals surface area contributed by atoms with Gasteiger partial charge in [0.25, 0.3) is 5.91 Å². The summed E-state index contributed by atoms with van der Waals surface area (Å²) in [7, 11) is 0. The van der Waals surface area contributed by atoms with Gasteiger partial charge in [-0.3, -0.25) is 9.78 Å². The number of hydrogen-bond donors (Lipinski definition) is 0. The van der Waals surface area contributed by atoms with Crippen molar-refractivity contribution in [2.24, 2.45) is 0 Å². The van der Waals surface area contributed by atoms with Gasteiger partial charge in [-0.2, -0.15) is 10.1 Å². The third-order valence-electron chi connectivity index (χ3n) is 5.73. The van der Waals surface area contributed by atoms with Crippen LogP contribution in [0.25, 0.3) is 0 Å². The largest absolute Gasteiger partial charge is 0.337 e. The van der Waals surface area contributed by atoms with Crippen molar-refractivity contribution in [3.05, 3.63) is 57.9 Å². The van der Waals surface area contributed by atoms with Crippen LogP contribution in [0.4, 0.5) is 0 Å². The van der Waals surface area contributed by atoms with E-state index in [1.165, 1.54) is 0 Å². The number of carbonyl (C=O) groups is 1. The molecule has 1 aliphatic carbocycles. The zero-order valence-electron chi connectivity index (χ0n) is 17.2. The van der Waals surface area contributed by atoms with Gasteiger partial charge in [-0.1, -0.05) is 17.5 Å². The summed E-state index contributed by atoms with van der Waals surface area (Å²) in [5, 5.41) is 9.27. The lowest BCUT2D eigenvalue weighted by atomic mass is 9.92. The highest BCUT2D eigenvalue weighted by Crippen LogP contribution is 2.32. The van der Waals surface area contributed by atoms with Crippen LogP contribution in [0, 0.1) is 23.2 Å². The smallest absolute Gasteiger partial charge is 0.256 e. The molecule has 1 amide bonds. The van der Waals surface area contributed by atoms with Gasteiger partial charge in [-0.05, 0) is 56.4 Å². The summed E-state index contributed by atoms with van der Waals surface area (Å²) in [6.45, 7) is 2.36. The van der Waals surface area contributed by atoms with E-state index in [-0.39, 0.29) is 18.1 Å². The van der Waals surface area contributed by atoms with E-state index in [4.69, 9.17) is 26.6 Å². The van der Waals surface area contributed by atoms with Crippen LogP contribution < -0.4 is 4.89 Å². The molecule has 1 aromatic carbocycles. The van der Waals surface area contributed by atoms with Crippen LogP contribution in [0.2, 0.25) is 5.02 Å². The molecule has 7 heteroatoms. The summed E-state index contributed by atoms with van der Waals surface area (Å²) in [6, 6.07) is 8.94. The van der Waals surface area contributed by atoms with E-state index in [2.05, 4.69) is 16.8 Å². The number of nitrogens with zero attached hydrogens (tertiary/aromatic N) is 3. The van der Waals surface area contributed by atoms with Gasteiger partial charge >= 0.3 is 0 Å². The summed E-state index contributed by atoms with van der Waals surface area (Å²) < 4.78 is 0. The molecule has 4 rings (SSSR count). The lowest BCUT2D eigenvalue weighted by molar-refractivity contribution is -0.252. The van der Waals surface area contributed by atoms with Crippen LogP contribution in [-0.2, 0) is 17.9 Å². The van der Waals surface area contributed by atoms with Gasteiger partial charge in [0, 0.05) is 24.7 Å². The van der Waals surface area contributed by atoms with Crippen LogP contribution in [0.3, 0.4) is 0 Å². The fourth-order valence-corrected chi connectivity index (χ4v) is 4.25. The van der Waals surface area contributed by atoms with E-state index in [0.29, 0.717) is 34.9 Å². The summed E-state index contributed by atoms with van der Waals surface area (Å²) >= 11 is 6.02. The Bertz CT molecular complexity index is 1090. The molecule has 6 nitrogen and oxygen atoms in total. The van der Waals surface area contributed by atoms with Crippen molar-refractivity contribution >= 4 is 17.5 Å². The van der Waals surface area contributed by atoms with Crippen molar-refractivity contribution in [2.75, 3.05) is 0 Å². The molecule has 0 saturated heterocycles. The summed E-state index contributed by atoms with van der Waals surface area (Å²) in [6.07, 6.45) is 5.64. The van der Waals surface area contributed by atoms with Gasteiger partial charge in [-0.25, -0.2) is 0 Å². The molecule has 2 heterocycles. The maximum absolute atomic E-state index is 13.0. The van der Waals surface area contributed by atoms with Crippen molar-refractivity contribution in [3.8, 4) is 23.7 Å². The molecule has 158 valence electrons. The maximum Gasteiger partial charge on any atom is 0.256 e. The summed E-state index contributed by atoms with van der Waals surface area (Å²) in [5.41, 5.74) is 2.92. The van der Waals surface area contributed by atoms with Gasteiger partial charge < -0.3 is 9.79 Å². The number of nitriles is 1. The van der Waals surface area contributed by atoms with Crippen LogP contribution in [0.15, 0.2) is 30.5 Å². The van der Waals surface area contributed by atoms with Crippen LogP contribution in [0.5, 0.6) is 5.75 Å². The van der Waals surface area contributed by atoms with E-state index < -0.39 is 0 Å². The first kappa shape index (κ1) is 21.2. The van der Waals surface area contributed by atoms with Crippen LogP contribution in [-0.4, -0.2) is 27.9 Å². The van der Waals surface area contributed by atoms with Crippen molar-refractivity contribution < 1.29 is 14.6 Å². The van der Waals surface area contributed by atoms with Gasteiger partial charge in [0.1, 0.15) is 12.2 Å². The second kappa shape index (κ2) is 9.39. The average molecular weight is 436 g/mol. The molecule has 0 unspecified atom stereocenters. The number of benzene rings is 1. The molecule has 0 atom stereocenters. The third kappa shape index (κ3) is 4.66. The quantitative estimate of drug-likeness (QED) is 0.394. The standard InChI is InChI=1S/C24H22ClN3O3/c1-2-3-4-16-11-21-23(27-14-16)15-28(24(21)29)18-6-9-19(10-7-18)30-31-20-8-5-17(13-26)22(25)12-20/h5,8,11-12,14,18-19H,4,6-7,9-10,15H2,1H3/t18-,19-. The minimum absolute atomic E-state index is 0.0527. The molecule has 0 bridgehead atoms. The predicted molar refractivity (Wildman–Crippen MR) is 115 cm³/mol. The van der Waals surface area contributed by atoms with Gasteiger partial charge in [0.05, 0.1) is 28.4 Å². The highest BCUT2D eigenvalue weighted by molar-refractivity contribution is 6.31. The third-order valence-corrected chi connectivity index (χ3v) is 6.05. The minimum atomic E-state index is -0.0527. The number of aromatic nitrogens is 1. The first-order chi connectivity index (χ1) is 15.1. The molecule has 0 spiro atoms. The molecule has 1 fully saturated rings. The Morgan fingerprint density at radius 1 is 1.26 bits per heavy atom. The Hall–Kier alpha value is -3.06. The number of carbonyl (C=O) groups excluding carboxylic acids is 1. The van der Waals surface area contributed by atoms with E-state index in [1.54, 1.807) is 25.1 Å². The molecule has 0 N–H and O–H groups in total. The summed E-state index contributed by atoms with van der Waals surface area (Å²) in [4.78, 5) is 30.4. The number of hydrogen-bond acceptors (Lipinski definition) is 5. The number of pyridine rings is 1. The molecular formula is C24H22ClN3O3. The fraction of sp³-hybridized carbons (Fsp3) is 0.375. The van der Waals surface area contributed by atoms with E-state index >= 15 is 0 Å². The van der Waals surface area contributed by atoms with Gasteiger partial charge in [0.2, 0.25) is 0 Å². The maximum atomic E-state index is 13.0. The van der Waals surface area contributed by atoms with Crippen molar-refractivity contribution in [2.45, 2.75) is 57.7 Å². The normalized spacial score (nSPS) is 19.9. The van der Waals surface area contributed by atoms with E-state index in [9.17, 15) is 4.79 Å². The highest BCUT2D eigenvalue weighted by Gasteiger charge is 2.36. The minimum Gasteiger partial charge on any atom is -0.337 e. The molecule has 0 radical (unpaired) electrons. The van der Waals surface area contributed by atoms with Crippen molar-refractivity contribution in [1.29, 1.82) is 5.26 Å². The zero-order valence-corrected chi connectivity index (χ0v) is 18.0. The monoisotopic (exact) mass is 435 g/mol. The zero-order chi connectivity index (χ0) is 21.8. The second-order valence-electron chi connectivity index (χ2n) is 7.74. The number of amides is 1. The number of halogens is 1. The molecule has 31 heavy (non-hydrogen) atoms. The molecular weight excluding hydrogens is 414 g/mol. The van der Waals surface area contributed by atoms with Crippen LogP contribution >= 0.6 is 11.6 Å². The Labute approximate surface area is 186 Å². The average Bonchev–Trinajstić information content (AvgIpc) is 3.12. The molecule has 2 aliphatic rings. The van der Waals surface area contributed by atoms with Gasteiger partial charge in [-0.15, -0.1) is 5.92 Å². The van der Waals surface area contributed by atoms with Gasteiger partial charge in [0.15, 0.2) is 5.75 Å². The highest BCUT2D eigenvalue weighted by atomic mass is 35.5. The Kier molecular flexibility index (Phi) is 6.42. The Morgan fingerprint density at radius 3 is 2.77 bits per heavy atom. The van der Waals surface area contributed by atoms with Crippen molar-refractivity contribution in [3.63, 3.8) is 0 Å². The molecule has 2 aromatic rings. The predicted octanol–water partition coefficient (Wildman–Crippen LogP) is 4.45. The Balaban J connectivity index is 1.30. The van der Waals surface area contributed by atoms with Crippen LogP contribution in [0.1, 0.15) is 59.8 Å². The van der Waals surface area contributed by atoms with E-state index in [1.807, 2.05) is 23.2 Å². The SMILES string of the molecule is CC#CCc1cnc2c(c1)C(=O)N([C@H]1CC[C@H](OOc3ccc(C#N)c(Cl)c3)CC1)C2. The van der Waals surface area contributed by atoms with E-state index in [0.717, 1.165) is 36.9 Å². The first-order valence-corrected chi connectivity index (χ1v) is 10.7. The lowest BCUT2D eigenvalue weighted by Gasteiger charge is -2.33. The number of rotatable bonds is 5. The molecule has 1 aliphatic heterocycles. The molecule has 1 saturated carbocycles. The summed E-state index contributed by atoms with van der Waals surface area (Å²) in [5.74, 6) is 6.41.